The molecule has 0 spiro atoms. The molecule has 0 saturated carbocycles. The Balaban J connectivity index is 2.11. The summed E-state index contributed by atoms with van der Waals surface area (Å²) >= 11 is 0. The topological polar surface area (TPSA) is 24.5 Å². The highest BCUT2D eigenvalue weighted by atomic mass is 16.5. The van der Waals surface area contributed by atoms with E-state index >= 15 is 0 Å². The second-order valence-corrected chi connectivity index (χ2v) is 5.74. The fourth-order valence-electron chi connectivity index (χ4n) is 2.92. The smallest absolute Gasteiger partial charge is 0.0613 e. The van der Waals surface area contributed by atoms with Gasteiger partial charge in [0.2, 0.25) is 0 Å². The lowest BCUT2D eigenvalue weighted by Gasteiger charge is -2.21. The lowest BCUT2D eigenvalue weighted by atomic mass is 9.96. The van der Waals surface area contributed by atoms with E-state index in [4.69, 9.17) is 4.74 Å². The number of hydrogen-bond donors (Lipinski definition) is 1. The van der Waals surface area contributed by atoms with Crippen LogP contribution in [0, 0.1) is 5.92 Å². The Morgan fingerprint density at radius 2 is 2.17 bits per heavy atom. The van der Waals surface area contributed by atoms with Gasteiger partial charge in [0.1, 0.15) is 0 Å². The first-order valence-corrected chi connectivity index (χ1v) is 7.71. The molecule has 0 aromatic heterocycles. The van der Waals surface area contributed by atoms with Crippen LogP contribution in [-0.2, 0) is 4.74 Å². The monoisotopic (exact) mass is 256 g/mol. The van der Waals surface area contributed by atoms with E-state index in [0.29, 0.717) is 6.04 Å². The van der Waals surface area contributed by atoms with Gasteiger partial charge < -0.3 is 15.0 Å². The maximum absolute atomic E-state index is 5.13. The Hall–Kier alpha value is -0.120. The first-order chi connectivity index (χ1) is 8.76. The van der Waals surface area contributed by atoms with Crippen LogP contribution in [0.2, 0.25) is 0 Å². The molecular weight excluding hydrogens is 224 g/mol. The molecule has 1 aliphatic heterocycles. The van der Waals surface area contributed by atoms with E-state index in [1.165, 1.54) is 51.7 Å². The van der Waals surface area contributed by atoms with Crippen LogP contribution >= 0.6 is 0 Å². The van der Waals surface area contributed by atoms with E-state index in [-0.39, 0.29) is 0 Å². The van der Waals surface area contributed by atoms with Crippen LogP contribution in [0.1, 0.15) is 46.0 Å². The van der Waals surface area contributed by atoms with E-state index in [1.807, 2.05) is 0 Å². The van der Waals surface area contributed by atoms with Crippen LogP contribution in [0.4, 0.5) is 0 Å². The average molecular weight is 256 g/mol. The summed E-state index contributed by atoms with van der Waals surface area (Å²) in [5, 5.41) is 3.52. The Kier molecular flexibility index (Phi) is 8.64. The van der Waals surface area contributed by atoms with Crippen LogP contribution in [0.25, 0.3) is 0 Å². The molecule has 0 aliphatic carbocycles. The minimum absolute atomic E-state index is 0.467. The molecule has 3 heteroatoms. The van der Waals surface area contributed by atoms with Crippen LogP contribution in [0.3, 0.4) is 0 Å². The summed E-state index contributed by atoms with van der Waals surface area (Å²) in [5.74, 6) is 0.986. The van der Waals surface area contributed by atoms with Gasteiger partial charge in [0.25, 0.3) is 0 Å². The summed E-state index contributed by atoms with van der Waals surface area (Å²) in [6.07, 6.45) is 7.01. The summed E-state index contributed by atoms with van der Waals surface area (Å²) < 4.78 is 5.13. The first-order valence-electron chi connectivity index (χ1n) is 7.71. The molecule has 3 nitrogen and oxygen atoms in total. The molecule has 1 N–H and O–H groups in total. The van der Waals surface area contributed by atoms with Gasteiger partial charge in [-0.2, -0.15) is 0 Å². The summed E-state index contributed by atoms with van der Waals surface area (Å²) in [6.45, 7) is 10.2. The molecule has 1 aliphatic rings. The zero-order valence-corrected chi connectivity index (χ0v) is 12.6. The van der Waals surface area contributed by atoms with Gasteiger partial charge in [-0.05, 0) is 45.2 Å². The molecule has 1 saturated heterocycles. The van der Waals surface area contributed by atoms with Gasteiger partial charge in [-0.1, -0.05) is 19.8 Å². The summed E-state index contributed by atoms with van der Waals surface area (Å²) in [5.41, 5.74) is 0. The van der Waals surface area contributed by atoms with Crippen LogP contribution in [0.5, 0.6) is 0 Å². The fourth-order valence-corrected chi connectivity index (χ4v) is 2.92. The maximum atomic E-state index is 5.13. The van der Waals surface area contributed by atoms with Crippen molar-refractivity contribution in [2.24, 2.45) is 5.92 Å². The van der Waals surface area contributed by atoms with Gasteiger partial charge >= 0.3 is 0 Å². The lowest BCUT2D eigenvalue weighted by Crippen LogP contribution is -2.38. The molecule has 1 rings (SSSR count). The molecule has 1 fully saturated rings. The number of nitrogens with one attached hydrogen (secondary N) is 1. The van der Waals surface area contributed by atoms with Gasteiger partial charge in [-0.25, -0.2) is 0 Å². The highest BCUT2D eigenvalue weighted by molar-refractivity contribution is 4.71. The van der Waals surface area contributed by atoms with Crippen molar-refractivity contribution in [3.8, 4) is 0 Å². The lowest BCUT2D eigenvalue weighted by molar-refractivity contribution is 0.169. The molecule has 0 radical (unpaired) electrons. The summed E-state index contributed by atoms with van der Waals surface area (Å²) in [7, 11) is 1.76. The van der Waals surface area contributed by atoms with Gasteiger partial charge in [-0.3, -0.25) is 0 Å². The number of ether oxygens (including phenoxy) is 1. The van der Waals surface area contributed by atoms with Crippen LogP contribution in [-0.4, -0.2) is 50.8 Å². The Labute approximate surface area is 113 Å². The van der Waals surface area contributed by atoms with Gasteiger partial charge in [0, 0.05) is 26.2 Å². The van der Waals surface area contributed by atoms with E-state index in [1.54, 1.807) is 7.11 Å². The number of rotatable bonds is 8. The van der Waals surface area contributed by atoms with Gasteiger partial charge in [0.05, 0.1) is 6.61 Å². The first kappa shape index (κ1) is 15.9. The highest BCUT2D eigenvalue weighted by Gasteiger charge is 2.15. The third-order valence-corrected chi connectivity index (χ3v) is 3.97. The van der Waals surface area contributed by atoms with Crippen molar-refractivity contribution in [3.05, 3.63) is 0 Å². The molecule has 0 bridgehead atoms. The average Bonchev–Trinajstić information content (AvgIpc) is 2.56. The fraction of sp³-hybridized carbons (Fsp3) is 1.00. The van der Waals surface area contributed by atoms with Gasteiger partial charge in [0.15, 0.2) is 0 Å². The quantitative estimate of drug-likeness (QED) is 0.722. The summed E-state index contributed by atoms with van der Waals surface area (Å²) in [6, 6.07) is 0.467. The third-order valence-electron chi connectivity index (χ3n) is 3.97. The van der Waals surface area contributed by atoms with E-state index in [9.17, 15) is 0 Å². The van der Waals surface area contributed by atoms with Crippen molar-refractivity contribution in [3.63, 3.8) is 0 Å². The van der Waals surface area contributed by atoms with Crippen LogP contribution < -0.4 is 5.32 Å². The van der Waals surface area contributed by atoms with Gasteiger partial charge in [-0.15, -0.1) is 0 Å². The van der Waals surface area contributed by atoms with Crippen molar-refractivity contribution in [1.29, 1.82) is 0 Å². The molecule has 108 valence electrons. The number of methoxy groups -OCH3 is 1. The standard InChI is InChI=1S/C15H32N2O/c1-4-6-15-7-5-10-17(11-8-15)12-9-16-14(2)13-18-3/h14-16H,4-13H2,1-3H3. The zero-order valence-electron chi connectivity index (χ0n) is 12.6. The molecule has 2 unspecified atom stereocenters. The molecule has 18 heavy (non-hydrogen) atoms. The van der Waals surface area contributed by atoms with Crippen LogP contribution in [0.15, 0.2) is 0 Å². The predicted octanol–water partition coefficient (Wildman–Crippen LogP) is 2.51. The maximum Gasteiger partial charge on any atom is 0.0613 e. The Morgan fingerprint density at radius 1 is 1.33 bits per heavy atom. The normalized spacial score (nSPS) is 23.8. The van der Waals surface area contributed by atoms with Crippen molar-refractivity contribution in [2.75, 3.05) is 39.9 Å². The van der Waals surface area contributed by atoms with Crippen molar-refractivity contribution >= 4 is 0 Å². The minimum Gasteiger partial charge on any atom is -0.383 e. The van der Waals surface area contributed by atoms with E-state index in [0.717, 1.165) is 19.1 Å². The number of nitrogens with zero attached hydrogens (tertiary/aromatic N) is 1. The zero-order chi connectivity index (χ0) is 13.2. The molecule has 0 aromatic carbocycles. The van der Waals surface area contributed by atoms with Crippen molar-refractivity contribution in [2.45, 2.75) is 52.0 Å². The predicted molar refractivity (Wildman–Crippen MR) is 78.0 cm³/mol. The minimum atomic E-state index is 0.467. The van der Waals surface area contributed by atoms with Crippen molar-refractivity contribution < 1.29 is 4.74 Å². The Morgan fingerprint density at radius 3 is 2.89 bits per heavy atom. The molecule has 0 aromatic rings. The molecule has 0 amide bonds. The third kappa shape index (κ3) is 6.72. The molecule has 2 atom stereocenters. The van der Waals surface area contributed by atoms with E-state index in [2.05, 4.69) is 24.1 Å². The molecule has 1 heterocycles. The number of likely N-dealkylation sites (tertiary alicyclic amines) is 1. The second kappa shape index (κ2) is 9.76. The highest BCUT2D eigenvalue weighted by Crippen LogP contribution is 2.21. The van der Waals surface area contributed by atoms with Crippen molar-refractivity contribution in [1.82, 2.24) is 10.2 Å². The largest absolute Gasteiger partial charge is 0.383 e. The second-order valence-electron chi connectivity index (χ2n) is 5.74. The number of hydrogen-bond acceptors (Lipinski definition) is 3. The Bertz CT molecular complexity index is 199. The SMILES string of the molecule is CCCC1CCCN(CCNC(C)COC)CC1. The summed E-state index contributed by atoms with van der Waals surface area (Å²) in [4.78, 5) is 2.63. The van der Waals surface area contributed by atoms with E-state index < -0.39 is 0 Å². The molecular formula is C15H32N2O.